The van der Waals surface area contributed by atoms with E-state index in [0.29, 0.717) is 40.7 Å². The predicted molar refractivity (Wildman–Crippen MR) is 109 cm³/mol. The number of carbonyl (C=O) groups is 1. The minimum absolute atomic E-state index is 0.288. The molecular weight excluding hydrogens is 368 g/mol. The fraction of sp³-hybridized carbons (Fsp3) is 0.136. The normalized spacial score (nSPS) is 9.97. The average molecular weight is 388 g/mol. The summed E-state index contributed by atoms with van der Waals surface area (Å²) in [4.78, 5) is 16.6. The first kappa shape index (κ1) is 19.7. The van der Waals surface area contributed by atoms with Gasteiger partial charge in [-0.3, -0.25) is 4.79 Å². The highest BCUT2D eigenvalue weighted by atomic mass is 16.5. The van der Waals surface area contributed by atoms with Crippen molar-refractivity contribution in [2.75, 3.05) is 19.5 Å². The fourth-order valence-electron chi connectivity index (χ4n) is 2.71. The molecule has 0 saturated heterocycles. The van der Waals surface area contributed by atoms with E-state index in [0.717, 1.165) is 5.56 Å². The van der Waals surface area contributed by atoms with E-state index in [4.69, 9.17) is 14.7 Å². The van der Waals surface area contributed by atoms with Crippen LogP contribution in [0.4, 0.5) is 11.4 Å². The van der Waals surface area contributed by atoms with Gasteiger partial charge in [0.05, 0.1) is 37.4 Å². The zero-order valence-electron chi connectivity index (χ0n) is 16.1. The molecule has 2 N–H and O–H groups in total. The van der Waals surface area contributed by atoms with Crippen LogP contribution >= 0.6 is 0 Å². The van der Waals surface area contributed by atoms with Crippen LogP contribution in [0.5, 0.6) is 11.5 Å². The predicted octanol–water partition coefficient (Wildman–Crippen LogP) is 3.64. The van der Waals surface area contributed by atoms with Gasteiger partial charge in [0.15, 0.2) is 11.5 Å². The molecule has 2 aromatic carbocycles. The van der Waals surface area contributed by atoms with Crippen LogP contribution < -0.4 is 20.1 Å². The van der Waals surface area contributed by atoms with Gasteiger partial charge in [0.25, 0.3) is 5.91 Å². The third-order valence-electron chi connectivity index (χ3n) is 4.22. The maximum absolute atomic E-state index is 12.4. The Labute approximate surface area is 168 Å². The number of nitrogens with one attached hydrogen (secondary N) is 2. The molecule has 3 aromatic rings. The van der Waals surface area contributed by atoms with Crippen LogP contribution in [0.3, 0.4) is 0 Å². The number of para-hydroxylation sites is 1. The van der Waals surface area contributed by atoms with Crippen LogP contribution in [0.15, 0.2) is 60.8 Å². The molecule has 29 heavy (non-hydrogen) atoms. The van der Waals surface area contributed by atoms with Crippen molar-refractivity contribution in [2.45, 2.75) is 6.54 Å². The van der Waals surface area contributed by atoms with E-state index in [1.807, 2.05) is 24.3 Å². The summed E-state index contributed by atoms with van der Waals surface area (Å²) in [6, 6.07) is 18.1. The van der Waals surface area contributed by atoms with Crippen LogP contribution in [0, 0.1) is 11.3 Å². The first-order chi connectivity index (χ1) is 14.1. The van der Waals surface area contributed by atoms with Crippen LogP contribution in [0.25, 0.3) is 0 Å². The molecule has 1 amide bonds. The van der Waals surface area contributed by atoms with Crippen molar-refractivity contribution >= 4 is 17.3 Å². The second-order valence-corrected chi connectivity index (χ2v) is 6.09. The van der Waals surface area contributed by atoms with Crippen molar-refractivity contribution in [3.05, 3.63) is 77.6 Å². The molecule has 0 bridgehead atoms. The number of ether oxygens (including phenoxy) is 2. The van der Waals surface area contributed by atoms with Gasteiger partial charge in [-0.05, 0) is 42.0 Å². The molecule has 3 rings (SSSR count). The molecule has 0 saturated carbocycles. The van der Waals surface area contributed by atoms with E-state index < -0.39 is 0 Å². The summed E-state index contributed by atoms with van der Waals surface area (Å²) < 4.78 is 10.5. The maximum atomic E-state index is 12.4. The monoisotopic (exact) mass is 388 g/mol. The van der Waals surface area contributed by atoms with Crippen LogP contribution in [-0.4, -0.2) is 25.1 Å². The summed E-state index contributed by atoms with van der Waals surface area (Å²) in [6.45, 7) is 0.330. The number of benzene rings is 2. The van der Waals surface area contributed by atoms with E-state index in [1.165, 1.54) is 0 Å². The molecule has 7 nitrogen and oxygen atoms in total. The Bertz CT molecular complexity index is 1040. The quantitative estimate of drug-likeness (QED) is 0.641. The first-order valence-electron chi connectivity index (χ1n) is 8.86. The number of nitriles is 1. The highest BCUT2D eigenvalue weighted by Gasteiger charge is 2.09. The minimum Gasteiger partial charge on any atom is -0.493 e. The van der Waals surface area contributed by atoms with E-state index in [9.17, 15) is 4.79 Å². The fourth-order valence-corrected chi connectivity index (χ4v) is 2.71. The maximum Gasteiger partial charge on any atom is 0.270 e. The van der Waals surface area contributed by atoms with Crippen LogP contribution in [-0.2, 0) is 6.54 Å². The van der Waals surface area contributed by atoms with Crippen LogP contribution in [0.2, 0.25) is 0 Å². The largest absolute Gasteiger partial charge is 0.493 e. The number of anilines is 2. The van der Waals surface area contributed by atoms with Crippen molar-refractivity contribution in [3.63, 3.8) is 0 Å². The Kier molecular flexibility index (Phi) is 6.28. The minimum atomic E-state index is -0.288. The standard InChI is InChI=1S/C22H20N4O3/c1-28-20-10-7-15(11-21(20)29-2)13-25-22(27)19-9-8-17(14-24-19)26-18-6-4-3-5-16(18)12-23/h3-11,14,26H,13H2,1-2H3,(H,25,27). The Morgan fingerprint density at radius 3 is 2.55 bits per heavy atom. The summed E-state index contributed by atoms with van der Waals surface area (Å²) in [7, 11) is 3.14. The number of aromatic nitrogens is 1. The summed E-state index contributed by atoms with van der Waals surface area (Å²) in [5.41, 5.74) is 3.07. The van der Waals surface area contributed by atoms with Crippen molar-refractivity contribution < 1.29 is 14.3 Å². The SMILES string of the molecule is COc1ccc(CNC(=O)c2ccc(Nc3ccccc3C#N)cn2)cc1OC. The summed E-state index contributed by atoms with van der Waals surface area (Å²) in [6.07, 6.45) is 1.56. The molecule has 7 heteroatoms. The number of rotatable bonds is 7. The average Bonchev–Trinajstić information content (AvgIpc) is 2.78. The molecule has 1 aromatic heterocycles. The molecule has 0 unspecified atom stereocenters. The molecule has 1 heterocycles. The van der Waals surface area contributed by atoms with E-state index >= 15 is 0 Å². The first-order valence-corrected chi connectivity index (χ1v) is 8.86. The van der Waals surface area contributed by atoms with Gasteiger partial charge in [-0.2, -0.15) is 5.26 Å². The molecular formula is C22H20N4O3. The molecule has 0 aliphatic heterocycles. The smallest absolute Gasteiger partial charge is 0.270 e. The molecule has 0 spiro atoms. The van der Waals surface area contributed by atoms with Gasteiger partial charge >= 0.3 is 0 Å². The number of carbonyl (C=O) groups excluding carboxylic acids is 1. The second kappa shape index (κ2) is 9.24. The Morgan fingerprint density at radius 2 is 1.86 bits per heavy atom. The van der Waals surface area contributed by atoms with Gasteiger partial charge in [-0.1, -0.05) is 18.2 Å². The van der Waals surface area contributed by atoms with E-state index in [-0.39, 0.29) is 5.91 Å². The highest BCUT2D eigenvalue weighted by Crippen LogP contribution is 2.27. The number of hydrogen-bond donors (Lipinski definition) is 2. The van der Waals surface area contributed by atoms with Gasteiger partial charge < -0.3 is 20.1 Å². The van der Waals surface area contributed by atoms with Crippen molar-refractivity contribution in [3.8, 4) is 17.6 Å². The molecule has 0 aliphatic carbocycles. The zero-order valence-corrected chi connectivity index (χ0v) is 16.1. The van der Waals surface area contributed by atoms with Crippen molar-refractivity contribution in [1.82, 2.24) is 10.3 Å². The van der Waals surface area contributed by atoms with Gasteiger partial charge in [-0.15, -0.1) is 0 Å². The molecule has 0 atom stereocenters. The van der Waals surface area contributed by atoms with Gasteiger partial charge in [-0.25, -0.2) is 4.98 Å². The lowest BCUT2D eigenvalue weighted by Crippen LogP contribution is -2.23. The molecule has 0 aliphatic rings. The summed E-state index contributed by atoms with van der Waals surface area (Å²) >= 11 is 0. The second-order valence-electron chi connectivity index (χ2n) is 6.09. The number of amides is 1. The lowest BCUT2D eigenvalue weighted by atomic mass is 10.2. The highest BCUT2D eigenvalue weighted by molar-refractivity contribution is 5.92. The molecule has 0 radical (unpaired) electrons. The third kappa shape index (κ3) is 4.82. The number of methoxy groups -OCH3 is 2. The van der Waals surface area contributed by atoms with Gasteiger partial charge in [0.1, 0.15) is 11.8 Å². The summed E-state index contributed by atoms with van der Waals surface area (Å²) in [5, 5.41) is 15.1. The van der Waals surface area contributed by atoms with E-state index in [1.54, 1.807) is 50.7 Å². The number of pyridine rings is 1. The Balaban J connectivity index is 1.63. The molecule has 146 valence electrons. The lowest BCUT2D eigenvalue weighted by Gasteiger charge is -2.11. The van der Waals surface area contributed by atoms with Crippen molar-refractivity contribution in [2.24, 2.45) is 0 Å². The van der Waals surface area contributed by atoms with E-state index in [2.05, 4.69) is 21.7 Å². The van der Waals surface area contributed by atoms with Crippen molar-refractivity contribution in [1.29, 1.82) is 5.26 Å². The van der Waals surface area contributed by atoms with Crippen LogP contribution in [0.1, 0.15) is 21.6 Å². The Hall–Kier alpha value is -4.05. The van der Waals surface area contributed by atoms with Gasteiger partial charge in [0, 0.05) is 6.54 Å². The topological polar surface area (TPSA) is 96.3 Å². The number of nitrogens with zero attached hydrogens (tertiary/aromatic N) is 2. The molecule has 0 fully saturated rings. The Morgan fingerprint density at radius 1 is 1.07 bits per heavy atom. The third-order valence-corrected chi connectivity index (χ3v) is 4.22. The summed E-state index contributed by atoms with van der Waals surface area (Å²) in [5.74, 6) is 0.944. The lowest BCUT2D eigenvalue weighted by molar-refractivity contribution is 0.0946. The van der Waals surface area contributed by atoms with Gasteiger partial charge in [0.2, 0.25) is 0 Å². The zero-order chi connectivity index (χ0) is 20.6. The number of hydrogen-bond acceptors (Lipinski definition) is 6.